The Labute approximate surface area is 327 Å². The van der Waals surface area contributed by atoms with Gasteiger partial charge in [0.25, 0.3) is 0 Å². The molecule has 4 unspecified atom stereocenters. The summed E-state index contributed by atoms with van der Waals surface area (Å²) in [5.41, 5.74) is -5.04. The van der Waals surface area contributed by atoms with Crippen molar-refractivity contribution in [3.05, 3.63) is 71.4 Å². The molecule has 14 nitrogen and oxygen atoms in total. The zero-order chi connectivity index (χ0) is 41.4. The lowest BCUT2D eigenvalue weighted by molar-refractivity contribution is -0.284. The average molecular weight is 781 g/mol. The first-order chi connectivity index (χ1) is 26.4. The van der Waals surface area contributed by atoms with Crippen LogP contribution in [0, 0.1) is 5.41 Å². The molecule has 2 aliphatic carbocycles. The van der Waals surface area contributed by atoms with E-state index < -0.39 is 40.8 Å². The van der Waals surface area contributed by atoms with E-state index >= 15 is 0 Å². The molecule has 2 rings (SSSR count). The van der Waals surface area contributed by atoms with Crippen LogP contribution in [0.1, 0.15) is 83.1 Å². The van der Waals surface area contributed by atoms with Gasteiger partial charge in [-0.25, -0.2) is 9.59 Å². The van der Waals surface area contributed by atoms with E-state index in [1.165, 1.54) is 0 Å². The molecule has 0 bridgehead atoms. The largest absolute Gasteiger partial charge is 0.491 e. The maximum atomic E-state index is 13.0. The molecule has 4 atom stereocenters. The highest BCUT2D eigenvalue weighted by Gasteiger charge is 2.75. The fourth-order valence-electron chi connectivity index (χ4n) is 7.19. The number of carbonyl (C=O) groups is 2. The average Bonchev–Trinajstić information content (AvgIpc) is 3.16. The van der Waals surface area contributed by atoms with Crippen molar-refractivity contribution in [2.24, 2.45) is 5.41 Å². The van der Waals surface area contributed by atoms with E-state index in [0.717, 1.165) is 12.2 Å². The third kappa shape index (κ3) is 8.87. The SMILES string of the molecule is C=CC(=O)OC1=C(OCC)C(OCC)C(OCC)(C(C)(C)C2(OCC)C(OCC)=C(OCC)C(OC(=O)C=C)=C(OCC)C2OCC)C(OCC)=C1OCC. The maximum absolute atomic E-state index is 13.0. The van der Waals surface area contributed by atoms with E-state index in [1.807, 2.05) is 55.4 Å². The first kappa shape index (κ1) is 47.2. The van der Waals surface area contributed by atoms with Crippen molar-refractivity contribution in [3.8, 4) is 0 Å². The van der Waals surface area contributed by atoms with Crippen LogP contribution in [-0.4, -0.2) is 101 Å². The van der Waals surface area contributed by atoms with Gasteiger partial charge in [0.05, 0.1) is 39.6 Å². The predicted octanol–water partition coefficient (Wildman–Crippen LogP) is 6.92. The second-order valence-corrected chi connectivity index (χ2v) is 12.2. The third-order valence-corrected chi connectivity index (χ3v) is 8.92. The van der Waals surface area contributed by atoms with Crippen molar-refractivity contribution in [2.75, 3.05) is 66.1 Å². The van der Waals surface area contributed by atoms with Gasteiger partial charge in [0.1, 0.15) is 0 Å². The van der Waals surface area contributed by atoms with E-state index in [4.69, 9.17) is 56.8 Å². The summed E-state index contributed by atoms with van der Waals surface area (Å²) in [7, 11) is 0. The number of carbonyl (C=O) groups excluding carboxylic acids is 2. The second-order valence-electron chi connectivity index (χ2n) is 12.2. The highest BCUT2D eigenvalue weighted by molar-refractivity contribution is 5.83. The van der Waals surface area contributed by atoms with Crippen molar-refractivity contribution in [2.45, 2.75) is 106 Å². The number of rotatable bonds is 26. The molecule has 0 aromatic carbocycles. The molecule has 0 spiro atoms. The minimum absolute atomic E-state index is 0.0454. The van der Waals surface area contributed by atoms with Gasteiger partial charge in [0.15, 0.2) is 46.4 Å². The Hall–Kier alpha value is -3.98. The molecule has 0 saturated heterocycles. The summed E-state index contributed by atoms with van der Waals surface area (Å²) in [5, 5.41) is 0. The molecule has 312 valence electrons. The molecular formula is C41H64O14. The van der Waals surface area contributed by atoms with Crippen LogP contribution in [0.25, 0.3) is 0 Å². The van der Waals surface area contributed by atoms with Gasteiger partial charge >= 0.3 is 11.9 Å². The molecular weight excluding hydrogens is 716 g/mol. The van der Waals surface area contributed by atoms with Crippen molar-refractivity contribution in [1.82, 2.24) is 0 Å². The first-order valence-electron chi connectivity index (χ1n) is 19.3. The molecule has 0 amide bonds. The first-order valence-corrected chi connectivity index (χ1v) is 19.3. The fourth-order valence-corrected chi connectivity index (χ4v) is 7.19. The molecule has 0 aromatic heterocycles. The lowest BCUT2D eigenvalue weighted by atomic mass is 9.55. The highest BCUT2D eigenvalue weighted by Crippen LogP contribution is 2.63. The zero-order valence-electron chi connectivity index (χ0n) is 35.0. The molecule has 0 fully saturated rings. The molecule has 0 saturated carbocycles. The number of hydrogen-bond donors (Lipinski definition) is 0. The molecule has 0 aliphatic heterocycles. The van der Waals surface area contributed by atoms with Gasteiger partial charge in [0, 0.05) is 44.0 Å². The molecule has 2 aliphatic rings. The van der Waals surface area contributed by atoms with E-state index in [1.54, 1.807) is 27.7 Å². The van der Waals surface area contributed by atoms with Crippen molar-refractivity contribution in [1.29, 1.82) is 0 Å². The monoisotopic (exact) mass is 780 g/mol. The molecule has 0 aromatic rings. The standard InChI is InChI=1S/C41H64O14/c1-15-27(42)54-29-31(44-17-3)35(48-21-7)40(52-25-11,36(49-22-8)32(29)45-18-4)39(13,14)41(53-26-12)37(50-23-9)33(46-19-5)30(55-28(43)16-2)34(47-20-6)38(41)51-24-10/h15-16,35,37H,1-2,17-26H2,3-14H3. The highest BCUT2D eigenvalue weighted by atomic mass is 16.6. The number of esters is 2. The summed E-state index contributed by atoms with van der Waals surface area (Å²) in [6.07, 6.45) is -0.307. The fraction of sp³-hybridized carbons (Fsp3) is 0.659. The van der Waals surface area contributed by atoms with Gasteiger partial charge in [-0.15, -0.1) is 0 Å². The van der Waals surface area contributed by atoms with Gasteiger partial charge in [-0.1, -0.05) is 27.0 Å². The summed E-state index contributed by atoms with van der Waals surface area (Å²) in [6.45, 7) is 30.4. The Balaban J connectivity index is 3.56. The van der Waals surface area contributed by atoms with Crippen LogP contribution < -0.4 is 0 Å². The topological polar surface area (TPSA) is 145 Å². The molecule has 55 heavy (non-hydrogen) atoms. The summed E-state index contributed by atoms with van der Waals surface area (Å²) in [6, 6.07) is 0. The van der Waals surface area contributed by atoms with Crippen LogP contribution >= 0.6 is 0 Å². The van der Waals surface area contributed by atoms with Crippen LogP contribution in [0.3, 0.4) is 0 Å². The summed E-state index contributed by atoms with van der Waals surface area (Å²) in [4.78, 5) is 26.0. The maximum Gasteiger partial charge on any atom is 0.335 e. The van der Waals surface area contributed by atoms with E-state index in [9.17, 15) is 9.59 Å². The Morgan fingerprint density at radius 3 is 1.09 bits per heavy atom. The minimum Gasteiger partial charge on any atom is -0.491 e. The lowest BCUT2D eigenvalue weighted by Gasteiger charge is -2.61. The molecule has 0 N–H and O–H groups in total. The number of hydrogen-bond acceptors (Lipinski definition) is 14. The minimum atomic E-state index is -1.77. The lowest BCUT2D eigenvalue weighted by Crippen LogP contribution is -2.73. The van der Waals surface area contributed by atoms with Gasteiger partial charge in [-0.05, 0) is 69.2 Å². The Morgan fingerprint density at radius 2 is 0.836 bits per heavy atom. The van der Waals surface area contributed by atoms with Crippen LogP contribution in [0.2, 0.25) is 0 Å². The van der Waals surface area contributed by atoms with Gasteiger partial charge in [-0.2, -0.15) is 0 Å². The van der Waals surface area contributed by atoms with Crippen molar-refractivity contribution < 1.29 is 66.4 Å². The smallest absolute Gasteiger partial charge is 0.335 e. The van der Waals surface area contributed by atoms with Gasteiger partial charge < -0.3 is 56.8 Å². The third-order valence-electron chi connectivity index (χ3n) is 8.92. The summed E-state index contributed by atoms with van der Waals surface area (Å²) in [5.74, 6) is -1.06. The second kappa shape index (κ2) is 21.9. The Bertz CT molecular complexity index is 1350. The number of ether oxygens (including phenoxy) is 12. The zero-order valence-corrected chi connectivity index (χ0v) is 35.0. The molecule has 0 heterocycles. The van der Waals surface area contributed by atoms with E-state index in [2.05, 4.69) is 13.2 Å². The van der Waals surface area contributed by atoms with Crippen LogP contribution in [0.15, 0.2) is 71.4 Å². The molecule has 14 heteroatoms. The molecule has 0 radical (unpaired) electrons. The Morgan fingerprint density at radius 1 is 0.509 bits per heavy atom. The van der Waals surface area contributed by atoms with Crippen LogP contribution in [0.5, 0.6) is 0 Å². The van der Waals surface area contributed by atoms with Crippen molar-refractivity contribution >= 4 is 11.9 Å². The van der Waals surface area contributed by atoms with Crippen LogP contribution in [0.4, 0.5) is 0 Å². The Kier molecular flexibility index (Phi) is 18.8. The van der Waals surface area contributed by atoms with E-state index in [0.29, 0.717) is 0 Å². The van der Waals surface area contributed by atoms with Crippen LogP contribution in [-0.2, 0) is 66.4 Å². The van der Waals surface area contributed by atoms with Crippen molar-refractivity contribution in [3.63, 3.8) is 0 Å². The van der Waals surface area contributed by atoms with Gasteiger partial charge in [-0.3, -0.25) is 0 Å². The van der Waals surface area contributed by atoms with E-state index in [-0.39, 0.29) is 112 Å². The summed E-state index contributed by atoms with van der Waals surface area (Å²) < 4.78 is 78.1. The quantitative estimate of drug-likeness (QED) is 0.0661. The predicted molar refractivity (Wildman–Crippen MR) is 204 cm³/mol. The normalized spacial score (nSPS) is 23.0. The summed E-state index contributed by atoms with van der Waals surface area (Å²) >= 11 is 0. The van der Waals surface area contributed by atoms with Gasteiger partial charge in [0.2, 0.25) is 23.0 Å².